The predicted molar refractivity (Wildman–Crippen MR) is 145 cm³/mol. The second-order valence-electron chi connectivity index (χ2n) is 8.48. The number of carbonyl (C=O) groups excluding carboxylic acids is 1. The molecule has 9 heteroatoms. The monoisotopic (exact) mass is 543 g/mol. The molecule has 186 valence electrons. The molecule has 0 aromatic heterocycles. The number of aliphatic imine (C=N–C) groups is 1. The first-order chi connectivity index (χ1) is 17.3. The highest BCUT2D eigenvalue weighted by Gasteiger charge is 2.31. The fourth-order valence-electron chi connectivity index (χ4n) is 4.30. The molecule has 36 heavy (non-hydrogen) atoms. The van der Waals surface area contributed by atoms with Gasteiger partial charge in [-0.2, -0.15) is 0 Å². The van der Waals surface area contributed by atoms with E-state index >= 15 is 0 Å². The normalized spacial score (nSPS) is 16.2. The summed E-state index contributed by atoms with van der Waals surface area (Å²) in [5.74, 6) is -1.21. The number of rotatable bonds is 8. The number of carboxylic acid groups (broad SMARTS) is 1. The van der Waals surface area contributed by atoms with Crippen LogP contribution in [0.2, 0.25) is 15.1 Å². The Labute approximate surface area is 224 Å². The summed E-state index contributed by atoms with van der Waals surface area (Å²) in [6, 6.07) is 19.5. The van der Waals surface area contributed by atoms with Gasteiger partial charge in [0.25, 0.3) is 0 Å². The molecular formula is C27H24Cl3N3O3. The largest absolute Gasteiger partial charge is 0.480 e. The number of anilines is 1. The van der Waals surface area contributed by atoms with Crippen LogP contribution in [0.15, 0.2) is 71.7 Å². The summed E-state index contributed by atoms with van der Waals surface area (Å²) < 4.78 is 0. The molecule has 1 aliphatic rings. The summed E-state index contributed by atoms with van der Waals surface area (Å²) in [4.78, 5) is 31.1. The lowest BCUT2D eigenvalue weighted by Crippen LogP contribution is -2.39. The highest BCUT2D eigenvalue weighted by atomic mass is 35.5. The lowest BCUT2D eigenvalue weighted by atomic mass is 10.00. The molecule has 0 radical (unpaired) electrons. The number of hydrogen-bond donors (Lipinski definition) is 2. The fraction of sp³-hybridized carbons (Fsp3) is 0.222. The highest BCUT2D eigenvalue weighted by Crippen LogP contribution is 2.28. The lowest BCUT2D eigenvalue weighted by Gasteiger charge is -2.24. The molecule has 1 aliphatic heterocycles. The Hall–Kier alpha value is -2.90. The first kappa shape index (κ1) is 26.2. The summed E-state index contributed by atoms with van der Waals surface area (Å²) in [5, 5.41) is 13.7. The predicted octanol–water partition coefficient (Wildman–Crippen LogP) is 6.17. The van der Waals surface area contributed by atoms with Crippen molar-refractivity contribution in [3.63, 3.8) is 0 Å². The number of carboxylic acids is 1. The van der Waals surface area contributed by atoms with Crippen LogP contribution in [0.3, 0.4) is 0 Å². The number of amides is 1. The molecule has 1 saturated heterocycles. The molecule has 0 aliphatic carbocycles. The van der Waals surface area contributed by atoms with Crippen LogP contribution >= 0.6 is 34.8 Å². The van der Waals surface area contributed by atoms with Crippen LogP contribution in [0, 0.1) is 0 Å². The molecule has 2 N–H and O–H groups in total. The van der Waals surface area contributed by atoms with E-state index in [9.17, 15) is 14.7 Å². The number of halogens is 3. The fourth-order valence-corrected chi connectivity index (χ4v) is 4.79. The average Bonchev–Trinajstić information content (AvgIpc) is 3.32. The second kappa shape index (κ2) is 11.9. The zero-order chi connectivity index (χ0) is 25.7. The van der Waals surface area contributed by atoms with Gasteiger partial charge in [0.05, 0.1) is 27.5 Å². The van der Waals surface area contributed by atoms with Crippen molar-refractivity contribution in [1.29, 1.82) is 0 Å². The van der Waals surface area contributed by atoms with Gasteiger partial charge in [-0.1, -0.05) is 71.2 Å². The Morgan fingerprint density at radius 1 is 1.00 bits per heavy atom. The third kappa shape index (κ3) is 6.45. The van der Waals surface area contributed by atoms with Crippen molar-refractivity contribution in [2.45, 2.75) is 25.4 Å². The summed E-state index contributed by atoms with van der Waals surface area (Å²) in [5.41, 5.74) is 3.20. The molecule has 1 fully saturated rings. The molecule has 0 spiro atoms. The Morgan fingerprint density at radius 2 is 1.78 bits per heavy atom. The molecule has 1 amide bonds. The van der Waals surface area contributed by atoms with Crippen LogP contribution in [0.25, 0.3) is 0 Å². The maximum absolute atomic E-state index is 13.4. The summed E-state index contributed by atoms with van der Waals surface area (Å²) in [6.45, 7) is 0.934. The third-order valence-corrected chi connectivity index (χ3v) is 6.92. The molecule has 3 aromatic carbocycles. The minimum absolute atomic E-state index is 0.151. The van der Waals surface area contributed by atoms with Crippen molar-refractivity contribution in [3.05, 3.63) is 98.5 Å². The van der Waals surface area contributed by atoms with Crippen LogP contribution < -0.4 is 5.32 Å². The Morgan fingerprint density at radius 3 is 2.50 bits per heavy atom. The van der Waals surface area contributed by atoms with E-state index in [-0.39, 0.29) is 11.9 Å². The summed E-state index contributed by atoms with van der Waals surface area (Å²) in [7, 11) is 0. The van der Waals surface area contributed by atoms with Gasteiger partial charge < -0.3 is 10.4 Å². The van der Waals surface area contributed by atoms with Crippen molar-refractivity contribution in [1.82, 2.24) is 4.90 Å². The number of benzene rings is 3. The molecule has 0 bridgehead atoms. The van der Waals surface area contributed by atoms with Gasteiger partial charge in [0.1, 0.15) is 6.54 Å². The number of nitrogens with one attached hydrogen (secondary N) is 1. The number of nitrogens with zero attached hydrogens (tertiary/aromatic N) is 2. The van der Waals surface area contributed by atoms with Crippen LogP contribution in [-0.2, 0) is 16.1 Å². The van der Waals surface area contributed by atoms with Crippen LogP contribution in [0.1, 0.15) is 29.5 Å². The lowest BCUT2D eigenvalue weighted by molar-refractivity contribution is -0.135. The van der Waals surface area contributed by atoms with Crippen molar-refractivity contribution in [3.8, 4) is 0 Å². The zero-order valence-electron chi connectivity index (χ0n) is 19.3. The first-order valence-electron chi connectivity index (χ1n) is 11.4. The standard InChI is InChI=1S/C27H24Cl3N3O3/c28-19-9-11-23(20(14-19)26(31-15-25(34)35)18-5-2-1-3-6-18)32-27(36)24-7-4-12-33(24)16-17-8-10-21(29)22(30)13-17/h1-3,5-6,8-11,13-14,24H,4,7,12,15-16H2,(H,32,36)(H,34,35)/t24-/m1/s1. The highest BCUT2D eigenvalue weighted by molar-refractivity contribution is 6.42. The summed E-state index contributed by atoms with van der Waals surface area (Å²) >= 11 is 18.5. The van der Waals surface area contributed by atoms with Gasteiger partial charge in [0.2, 0.25) is 5.91 Å². The number of likely N-dealkylation sites (tertiary alicyclic amines) is 1. The van der Waals surface area contributed by atoms with E-state index in [0.29, 0.717) is 45.0 Å². The molecule has 3 aromatic rings. The Balaban J connectivity index is 1.60. The van der Waals surface area contributed by atoms with Crippen molar-refractivity contribution >= 4 is 58.1 Å². The minimum Gasteiger partial charge on any atom is -0.480 e. The quantitative estimate of drug-likeness (QED) is 0.332. The van der Waals surface area contributed by atoms with Gasteiger partial charge in [-0.15, -0.1) is 0 Å². The maximum atomic E-state index is 13.4. The molecule has 4 rings (SSSR count). The van der Waals surface area contributed by atoms with Gasteiger partial charge in [-0.25, -0.2) is 0 Å². The van der Waals surface area contributed by atoms with E-state index in [1.54, 1.807) is 24.3 Å². The maximum Gasteiger partial charge on any atom is 0.325 e. The van der Waals surface area contributed by atoms with Crippen LogP contribution in [0.4, 0.5) is 5.69 Å². The Kier molecular flexibility index (Phi) is 8.64. The van der Waals surface area contributed by atoms with Crippen LogP contribution in [0.5, 0.6) is 0 Å². The number of carbonyl (C=O) groups is 2. The van der Waals surface area contributed by atoms with E-state index < -0.39 is 12.5 Å². The van der Waals surface area contributed by atoms with E-state index in [1.807, 2.05) is 42.5 Å². The van der Waals surface area contributed by atoms with E-state index in [2.05, 4.69) is 15.2 Å². The second-order valence-corrected chi connectivity index (χ2v) is 9.73. The Bertz CT molecular complexity index is 1300. The smallest absolute Gasteiger partial charge is 0.325 e. The third-order valence-electron chi connectivity index (χ3n) is 5.95. The van der Waals surface area contributed by atoms with Crippen molar-refractivity contribution < 1.29 is 14.7 Å². The van der Waals surface area contributed by atoms with Gasteiger partial charge in [0.15, 0.2) is 0 Å². The molecule has 0 saturated carbocycles. The number of hydrogen-bond acceptors (Lipinski definition) is 4. The van der Waals surface area contributed by atoms with Gasteiger partial charge in [-0.3, -0.25) is 19.5 Å². The van der Waals surface area contributed by atoms with E-state index in [0.717, 1.165) is 24.1 Å². The first-order valence-corrected chi connectivity index (χ1v) is 12.6. The summed E-state index contributed by atoms with van der Waals surface area (Å²) in [6.07, 6.45) is 1.61. The van der Waals surface area contributed by atoms with Crippen LogP contribution in [-0.4, -0.2) is 46.7 Å². The number of aliphatic carboxylic acids is 1. The van der Waals surface area contributed by atoms with Gasteiger partial charge >= 0.3 is 5.97 Å². The molecule has 1 atom stereocenters. The topological polar surface area (TPSA) is 82.0 Å². The van der Waals surface area contributed by atoms with Gasteiger partial charge in [0, 0.05) is 22.7 Å². The van der Waals surface area contributed by atoms with E-state index in [4.69, 9.17) is 34.8 Å². The van der Waals surface area contributed by atoms with E-state index in [1.165, 1.54) is 0 Å². The SMILES string of the molecule is O=C(O)CN=C(c1ccccc1)c1cc(Cl)ccc1NC(=O)[C@H]1CCCN1Cc1ccc(Cl)c(Cl)c1. The molecule has 1 heterocycles. The minimum atomic E-state index is -1.06. The van der Waals surface area contributed by atoms with Crippen molar-refractivity contribution in [2.75, 3.05) is 18.4 Å². The molecular weight excluding hydrogens is 521 g/mol. The van der Waals surface area contributed by atoms with Crippen molar-refractivity contribution in [2.24, 2.45) is 4.99 Å². The molecule has 6 nitrogen and oxygen atoms in total. The molecule has 0 unspecified atom stereocenters. The van der Waals surface area contributed by atoms with Gasteiger partial charge in [-0.05, 0) is 55.3 Å². The average molecular weight is 545 g/mol. The zero-order valence-corrected chi connectivity index (χ0v) is 21.5.